The Hall–Kier alpha value is -7.31. The summed E-state index contributed by atoms with van der Waals surface area (Å²) in [6.45, 7) is 0. The highest BCUT2D eigenvalue weighted by Gasteiger charge is 2.19. The van der Waals surface area contributed by atoms with Gasteiger partial charge in [0, 0.05) is 49.5 Å². The Morgan fingerprint density at radius 2 is 0.902 bits per heavy atom. The van der Waals surface area contributed by atoms with Crippen LogP contribution < -0.4 is 27.3 Å². The number of fused-ring (bicyclic) bond motifs is 6. The van der Waals surface area contributed by atoms with Gasteiger partial charge >= 0.3 is 0 Å². The van der Waals surface area contributed by atoms with Crippen molar-refractivity contribution < 1.29 is 4.42 Å². The molecule has 0 amide bonds. The van der Waals surface area contributed by atoms with Gasteiger partial charge in [-0.05, 0) is 65.2 Å². The Morgan fingerprint density at radius 3 is 1.62 bits per heavy atom. The molecular weight excluding hydrogens is 739 g/mol. The van der Waals surface area contributed by atoms with Gasteiger partial charge in [0.15, 0.2) is 17.5 Å². The molecule has 0 aliphatic heterocycles. The van der Waals surface area contributed by atoms with Crippen molar-refractivity contribution in [3.05, 3.63) is 164 Å². The van der Waals surface area contributed by atoms with Crippen LogP contribution in [0.4, 0.5) is 0 Å². The van der Waals surface area contributed by atoms with Gasteiger partial charge in [-0.15, -0.1) is 16.4 Å². The molecule has 11 rings (SSSR count). The molecule has 282 valence electrons. The van der Waals surface area contributed by atoms with Crippen LogP contribution in [0.1, 0.15) is 0 Å². The average Bonchev–Trinajstić information content (AvgIpc) is 3.86. The van der Waals surface area contributed by atoms with E-state index in [0.29, 0.717) is 17.5 Å². The van der Waals surface area contributed by atoms with Crippen LogP contribution in [-0.4, -0.2) is 58.8 Å². The van der Waals surface area contributed by atoms with Gasteiger partial charge in [-0.25, -0.2) is 15.0 Å². The zero-order valence-electron chi connectivity index (χ0n) is 34.8. The maximum Gasteiger partial charge on any atom is 0.164 e. The molecular formula is C51H37B5N4O. The standard InChI is InChI=1S/C51H37B5N4O/c52-43-42(44(53)46(55)47(56)45(43)54)28-18-20-30(21-19-28)50-57-49(29-10-3-1-4-11-29)58-51(59-50)32-23-25-41-38(27-32)36-16-9-15-34(48(36)61-41)31-22-24-40-37(26-31)35-14-7-8-17-39(35)60(40)33-12-5-2-6-13-33/h1-27H,52-56H2. The highest BCUT2D eigenvalue weighted by molar-refractivity contribution is 6.68. The predicted octanol–water partition coefficient (Wildman–Crippen LogP) is 4.50. The molecule has 8 aromatic carbocycles. The second-order valence-electron chi connectivity index (χ2n) is 16.2. The minimum Gasteiger partial charge on any atom is -0.455 e. The number of rotatable bonds is 6. The number of hydrogen-bond acceptors (Lipinski definition) is 4. The van der Waals surface area contributed by atoms with Gasteiger partial charge in [-0.3, -0.25) is 0 Å². The molecule has 0 aliphatic rings. The molecule has 0 saturated carbocycles. The fourth-order valence-corrected chi connectivity index (χ4v) is 9.23. The number of nitrogens with zero attached hydrogens (tertiary/aromatic N) is 4. The van der Waals surface area contributed by atoms with Crippen molar-refractivity contribution in [1.29, 1.82) is 0 Å². The van der Waals surface area contributed by atoms with Crippen LogP contribution in [0.15, 0.2) is 168 Å². The van der Waals surface area contributed by atoms with Crippen molar-refractivity contribution in [2.75, 3.05) is 0 Å². The maximum absolute atomic E-state index is 6.72. The van der Waals surface area contributed by atoms with Gasteiger partial charge in [-0.1, -0.05) is 126 Å². The first-order chi connectivity index (χ1) is 29.8. The molecule has 0 radical (unpaired) electrons. The third-order valence-corrected chi connectivity index (χ3v) is 12.9. The van der Waals surface area contributed by atoms with E-state index < -0.39 is 0 Å². The number of furan rings is 1. The molecule has 11 aromatic rings. The van der Waals surface area contributed by atoms with Crippen LogP contribution in [0.25, 0.3) is 106 Å². The highest BCUT2D eigenvalue weighted by Crippen LogP contribution is 2.40. The van der Waals surface area contributed by atoms with E-state index >= 15 is 0 Å². The normalized spacial score (nSPS) is 11.6. The number of para-hydroxylation sites is 3. The summed E-state index contributed by atoms with van der Waals surface area (Å²) < 4.78 is 9.06. The second kappa shape index (κ2) is 14.5. The summed E-state index contributed by atoms with van der Waals surface area (Å²) in [6.07, 6.45) is 0. The first-order valence-electron chi connectivity index (χ1n) is 20.9. The summed E-state index contributed by atoms with van der Waals surface area (Å²) in [5.74, 6) is 1.87. The zero-order chi connectivity index (χ0) is 41.4. The van der Waals surface area contributed by atoms with Crippen LogP contribution >= 0.6 is 0 Å². The SMILES string of the molecule is Bc1c(B)c(B)c(-c2ccc(-c3nc(-c4ccccc4)nc(-c4ccc5oc6c(-c7ccc8c(c7)c7ccccc7n8-c7ccccc7)cccc6c5c4)n3)cc2)c(B)c1B. The van der Waals surface area contributed by atoms with Gasteiger partial charge in [0.05, 0.1) is 11.0 Å². The van der Waals surface area contributed by atoms with E-state index in [1.807, 2.05) is 36.4 Å². The zero-order valence-corrected chi connectivity index (χ0v) is 34.8. The Morgan fingerprint density at radius 1 is 0.377 bits per heavy atom. The molecule has 5 nitrogen and oxygen atoms in total. The van der Waals surface area contributed by atoms with Crippen LogP contribution in [0, 0.1) is 0 Å². The minimum absolute atomic E-state index is 0.608. The van der Waals surface area contributed by atoms with E-state index in [2.05, 4.69) is 171 Å². The molecule has 3 heterocycles. The topological polar surface area (TPSA) is 56.7 Å². The third-order valence-electron chi connectivity index (χ3n) is 12.9. The molecule has 0 bridgehead atoms. The molecule has 0 spiro atoms. The lowest BCUT2D eigenvalue weighted by Crippen LogP contribution is -2.55. The molecule has 61 heavy (non-hydrogen) atoms. The van der Waals surface area contributed by atoms with Crippen LogP contribution in [0.2, 0.25) is 0 Å². The molecule has 0 unspecified atom stereocenters. The lowest BCUT2D eigenvalue weighted by Gasteiger charge is -2.20. The minimum atomic E-state index is 0.608. The molecule has 0 aliphatic carbocycles. The molecule has 3 aromatic heterocycles. The van der Waals surface area contributed by atoms with E-state index in [9.17, 15) is 0 Å². The lowest BCUT2D eigenvalue weighted by molar-refractivity contribution is 0.670. The van der Waals surface area contributed by atoms with Crippen molar-refractivity contribution in [3.63, 3.8) is 0 Å². The van der Waals surface area contributed by atoms with Crippen molar-refractivity contribution in [1.82, 2.24) is 19.5 Å². The largest absolute Gasteiger partial charge is 0.455 e. The van der Waals surface area contributed by atoms with Crippen molar-refractivity contribution >= 4 is 110 Å². The van der Waals surface area contributed by atoms with Crippen molar-refractivity contribution in [3.8, 4) is 62.1 Å². The Labute approximate surface area is 358 Å². The number of aromatic nitrogens is 4. The van der Waals surface area contributed by atoms with Crippen molar-refractivity contribution in [2.45, 2.75) is 0 Å². The van der Waals surface area contributed by atoms with E-state index in [-0.39, 0.29) is 0 Å². The summed E-state index contributed by atoms with van der Waals surface area (Å²) in [7, 11) is 11.1. The fourth-order valence-electron chi connectivity index (χ4n) is 9.23. The summed E-state index contributed by atoms with van der Waals surface area (Å²) in [5.41, 5.74) is 19.3. The van der Waals surface area contributed by atoms with Gasteiger partial charge in [0.2, 0.25) is 0 Å². The Kier molecular flexibility index (Phi) is 8.71. The summed E-state index contributed by atoms with van der Waals surface area (Å²) in [4.78, 5) is 15.3. The smallest absolute Gasteiger partial charge is 0.164 e. The Bertz CT molecular complexity index is 3500. The van der Waals surface area contributed by atoms with Crippen LogP contribution in [0.3, 0.4) is 0 Å². The van der Waals surface area contributed by atoms with Gasteiger partial charge in [0.25, 0.3) is 0 Å². The predicted molar refractivity (Wildman–Crippen MR) is 270 cm³/mol. The molecule has 10 heteroatoms. The first-order valence-corrected chi connectivity index (χ1v) is 20.9. The summed E-state index contributed by atoms with van der Waals surface area (Å²) in [5, 5.41) is 4.47. The second-order valence-corrected chi connectivity index (χ2v) is 16.2. The maximum atomic E-state index is 6.72. The molecule has 0 atom stereocenters. The molecule has 0 N–H and O–H groups in total. The quantitative estimate of drug-likeness (QED) is 0.234. The van der Waals surface area contributed by atoms with Gasteiger partial charge in [0.1, 0.15) is 50.4 Å². The van der Waals surface area contributed by atoms with Crippen LogP contribution in [-0.2, 0) is 0 Å². The molecule has 0 fully saturated rings. The first kappa shape index (κ1) is 36.8. The fraction of sp³-hybridized carbons (Fsp3) is 0. The van der Waals surface area contributed by atoms with E-state index in [1.54, 1.807) is 0 Å². The Balaban J connectivity index is 1.02. The van der Waals surface area contributed by atoms with Gasteiger partial charge < -0.3 is 8.98 Å². The summed E-state index contributed by atoms with van der Waals surface area (Å²) >= 11 is 0. The number of benzene rings is 8. The monoisotopic (exact) mass is 776 g/mol. The van der Waals surface area contributed by atoms with Crippen LogP contribution in [0.5, 0.6) is 0 Å². The third kappa shape index (κ3) is 6.04. The highest BCUT2D eigenvalue weighted by atomic mass is 16.3. The number of hydrogen-bond donors (Lipinski definition) is 0. The van der Waals surface area contributed by atoms with E-state index in [1.165, 1.54) is 60.2 Å². The molecule has 0 saturated heterocycles. The average molecular weight is 776 g/mol. The van der Waals surface area contributed by atoms with E-state index in [0.717, 1.165) is 55.4 Å². The lowest BCUT2D eigenvalue weighted by atomic mass is 9.59. The van der Waals surface area contributed by atoms with Crippen molar-refractivity contribution in [2.24, 2.45) is 0 Å². The summed E-state index contributed by atoms with van der Waals surface area (Å²) in [6, 6.07) is 57.4. The van der Waals surface area contributed by atoms with E-state index in [4.69, 9.17) is 19.4 Å². The van der Waals surface area contributed by atoms with Gasteiger partial charge in [-0.2, -0.15) is 0 Å².